The Balaban J connectivity index is 1.70. The molecule has 0 atom stereocenters. The lowest BCUT2D eigenvalue weighted by Crippen LogP contribution is -2.36. The van der Waals surface area contributed by atoms with Crippen molar-refractivity contribution in [1.29, 1.82) is 0 Å². The Morgan fingerprint density at radius 3 is 2.53 bits per heavy atom. The van der Waals surface area contributed by atoms with Crippen molar-refractivity contribution in [2.45, 2.75) is 46.2 Å². The van der Waals surface area contributed by atoms with Gasteiger partial charge in [-0.3, -0.25) is 0 Å². The molecule has 6 nitrogen and oxygen atoms in total. The van der Waals surface area contributed by atoms with Crippen molar-refractivity contribution in [3.8, 4) is 0 Å². The summed E-state index contributed by atoms with van der Waals surface area (Å²) in [7, 11) is 0. The quantitative estimate of drug-likeness (QED) is 0.248. The lowest BCUT2D eigenvalue weighted by molar-refractivity contribution is 0.0526. The van der Waals surface area contributed by atoms with Crippen LogP contribution in [0.5, 0.6) is 0 Å². The second-order valence-corrected chi connectivity index (χ2v) is 8.55. The zero-order chi connectivity index (χ0) is 24.3. The van der Waals surface area contributed by atoms with Crippen LogP contribution in [-0.4, -0.2) is 34.6 Å². The van der Waals surface area contributed by atoms with Crippen LogP contribution in [0.15, 0.2) is 66.9 Å². The maximum absolute atomic E-state index is 13.2. The number of unbranched alkanes of at least 4 members (excludes halogenated alkanes) is 2. The molecule has 3 aromatic rings. The van der Waals surface area contributed by atoms with E-state index in [1.165, 1.54) is 0 Å². The largest absolute Gasteiger partial charge is 0.462 e. The van der Waals surface area contributed by atoms with Gasteiger partial charge in [0.1, 0.15) is 0 Å². The van der Waals surface area contributed by atoms with Gasteiger partial charge in [-0.2, -0.15) is 0 Å². The first kappa shape index (κ1) is 25.4. The highest BCUT2D eigenvalue weighted by Crippen LogP contribution is 2.17. The van der Waals surface area contributed by atoms with Crippen molar-refractivity contribution in [2.24, 2.45) is 0 Å². The van der Waals surface area contributed by atoms with Gasteiger partial charge >= 0.3 is 12.0 Å². The van der Waals surface area contributed by atoms with E-state index in [4.69, 9.17) is 16.3 Å². The second-order valence-electron chi connectivity index (χ2n) is 8.11. The fraction of sp³-hybridized carbons (Fsp3) is 0.333. The maximum atomic E-state index is 13.2. The molecule has 0 aliphatic rings. The standard InChI is InChI=1S/C27H32ClN3O3/c1-3-5-6-16-31(27(33)29-24-14-12-22(13-15-24)26(32)34-4-2)20-25-11-8-17-30(25)19-21-9-7-10-23(28)18-21/h7-15,17-18H,3-6,16,19-20H2,1-2H3,(H,29,33). The third-order valence-electron chi connectivity index (χ3n) is 5.48. The van der Waals surface area contributed by atoms with E-state index in [0.29, 0.717) is 42.5 Å². The van der Waals surface area contributed by atoms with Crippen molar-refractivity contribution in [2.75, 3.05) is 18.5 Å². The predicted molar refractivity (Wildman–Crippen MR) is 136 cm³/mol. The van der Waals surface area contributed by atoms with Crippen LogP contribution < -0.4 is 5.32 Å². The first-order valence-corrected chi connectivity index (χ1v) is 12.1. The molecular weight excluding hydrogens is 450 g/mol. The number of nitrogens with zero attached hydrogens (tertiary/aromatic N) is 2. The number of hydrogen-bond donors (Lipinski definition) is 1. The number of amides is 2. The number of carbonyl (C=O) groups excluding carboxylic acids is 2. The molecule has 0 saturated heterocycles. The molecule has 0 aliphatic heterocycles. The molecule has 180 valence electrons. The number of aromatic nitrogens is 1. The summed E-state index contributed by atoms with van der Waals surface area (Å²) in [6.45, 7) is 6.06. The summed E-state index contributed by atoms with van der Waals surface area (Å²) in [5, 5.41) is 3.67. The molecule has 0 aliphatic carbocycles. The maximum Gasteiger partial charge on any atom is 0.338 e. The molecule has 0 bridgehead atoms. The molecule has 34 heavy (non-hydrogen) atoms. The molecule has 1 aromatic heterocycles. The summed E-state index contributed by atoms with van der Waals surface area (Å²) in [6.07, 6.45) is 5.09. The zero-order valence-electron chi connectivity index (χ0n) is 19.8. The van der Waals surface area contributed by atoms with Gasteiger partial charge in [0.25, 0.3) is 0 Å². The number of urea groups is 1. The van der Waals surface area contributed by atoms with Crippen LogP contribution in [0, 0.1) is 0 Å². The molecule has 2 aromatic carbocycles. The van der Waals surface area contributed by atoms with Gasteiger partial charge in [0, 0.05) is 35.7 Å². The average molecular weight is 482 g/mol. The fourth-order valence-electron chi connectivity index (χ4n) is 3.69. The number of ether oxygens (including phenoxy) is 1. The van der Waals surface area contributed by atoms with Gasteiger partial charge in [0.15, 0.2) is 0 Å². The van der Waals surface area contributed by atoms with Gasteiger partial charge in [-0.25, -0.2) is 9.59 Å². The molecule has 2 amide bonds. The molecular formula is C27H32ClN3O3. The average Bonchev–Trinajstić information content (AvgIpc) is 3.25. The molecule has 0 fully saturated rings. The normalized spacial score (nSPS) is 10.7. The topological polar surface area (TPSA) is 63.6 Å². The van der Waals surface area contributed by atoms with E-state index in [2.05, 4.69) is 16.8 Å². The molecule has 1 N–H and O–H groups in total. The third kappa shape index (κ3) is 7.39. The van der Waals surface area contributed by atoms with Crippen LogP contribution in [-0.2, 0) is 17.8 Å². The van der Waals surface area contributed by atoms with Crippen LogP contribution in [0.1, 0.15) is 54.7 Å². The van der Waals surface area contributed by atoms with Crippen molar-refractivity contribution in [3.05, 3.63) is 88.7 Å². The van der Waals surface area contributed by atoms with E-state index in [1.54, 1.807) is 31.2 Å². The number of rotatable bonds is 11. The van der Waals surface area contributed by atoms with E-state index in [-0.39, 0.29) is 12.0 Å². The number of hydrogen-bond acceptors (Lipinski definition) is 3. The van der Waals surface area contributed by atoms with E-state index in [0.717, 1.165) is 30.5 Å². The monoisotopic (exact) mass is 481 g/mol. The third-order valence-corrected chi connectivity index (χ3v) is 5.72. The number of benzene rings is 2. The SMILES string of the molecule is CCCCCN(Cc1cccn1Cc1cccc(Cl)c1)C(=O)Nc1ccc(C(=O)OCC)cc1. The first-order chi connectivity index (χ1) is 16.5. The highest BCUT2D eigenvalue weighted by molar-refractivity contribution is 6.30. The number of halogens is 1. The number of nitrogens with one attached hydrogen (secondary N) is 1. The Morgan fingerprint density at radius 1 is 1.03 bits per heavy atom. The number of carbonyl (C=O) groups is 2. The zero-order valence-corrected chi connectivity index (χ0v) is 20.6. The molecule has 0 unspecified atom stereocenters. The summed E-state index contributed by atoms with van der Waals surface area (Å²) >= 11 is 6.15. The minimum atomic E-state index is -0.373. The smallest absolute Gasteiger partial charge is 0.338 e. The molecule has 1 heterocycles. The molecule has 0 spiro atoms. The Kier molecular flexibility index (Phi) is 9.59. The summed E-state index contributed by atoms with van der Waals surface area (Å²) in [6, 6.07) is 18.4. The summed E-state index contributed by atoms with van der Waals surface area (Å²) < 4.78 is 7.16. The highest BCUT2D eigenvalue weighted by Gasteiger charge is 2.16. The van der Waals surface area contributed by atoms with Crippen LogP contribution in [0.2, 0.25) is 5.02 Å². The molecule has 3 rings (SSSR count). The Hall–Kier alpha value is -3.25. The van der Waals surface area contributed by atoms with Gasteiger partial charge < -0.3 is 19.5 Å². The molecule has 0 radical (unpaired) electrons. The van der Waals surface area contributed by atoms with Gasteiger partial charge in [-0.15, -0.1) is 0 Å². The molecule has 0 saturated carbocycles. The minimum absolute atomic E-state index is 0.171. The highest BCUT2D eigenvalue weighted by atomic mass is 35.5. The number of esters is 1. The summed E-state index contributed by atoms with van der Waals surface area (Å²) in [5.74, 6) is -0.373. The van der Waals surface area contributed by atoms with Gasteiger partial charge in [0.05, 0.1) is 18.7 Å². The van der Waals surface area contributed by atoms with E-state index < -0.39 is 0 Å². The predicted octanol–water partition coefficient (Wildman–Crippen LogP) is 6.59. The Labute approximate surface area is 206 Å². The minimum Gasteiger partial charge on any atom is -0.462 e. The summed E-state index contributed by atoms with van der Waals surface area (Å²) in [5.41, 5.74) is 3.24. The van der Waals surface area contributed by atoms with Crippen LogP contribution in [0.4, 0.5) is 10.5 Å². The van der Waals surface area contributed by atoms with Gasteiger partial charge in [0.2, 0.25) is 0 Å². The van der Waals surface area contributed by atoms with Crippen molar-refractivity contribution >= 4 is 29.3 Å². The van der Waals surface area contributed by atoms with E-state index in [1.807, 2.05) is 47.5 Å². The van der Waals surface area contributed by atoms with Crippen molar-refractivity contribution in [3.63, 3.8) is 0 Å². The van der Waals surface area contributed by atoms with Crippen molar-refractivity contribution in [1.82, 2.24) is 9.47 Å². The summed E-state index contributed by atoms with van der Waals surface area (Å²) in [4.78, 5) is 26.9. The van der Waals surface area contributed by atoms with E-state index >= 15 is 0 Å². The van der Waals surface area contributed by atoms with Crippen LogP contribution >= 0.6 is 11.6 Å². The van der Waals surface area contributed by atoms with Gasteiger partial charge in [-0.1, -0.05) is 43.5 Å². The van der Waals surface area contributed by atoms with Crippen LogP contribution in [0.25, 0.3) is 0 Å². The molecule has 7 heteroatoms. The van der Waals surface area contributed by atoms with Crippen LogP contribution in [0.3, 0.4) is 0 Å². The lowest BCUT2D eigenvalue weighted by atomic mass is 10.2. The second kappa shape index (κ2) is 12.8. The van der Waals surface area contributed by atoms with Crippen molar-refractivity contribution < 1.29 is 14.3 Å². The van der Waals surface area contributed by atoms with Gasteiger partial charge in [-0.05, 0) is 67.4 Å². The Bertz CT molecular complexity index is 1080. The lowest BCUT2D eigenvalue weighted by Gasteiger charge is -2.24. The van der Waals surface area contributed by atoms with E-state index in [9.17, 15) is 9.59 Å². The first-order valence-electron chi connectivity index (χ1n) is 11.7. The Morgan fingerprint density at radius 2 is 1.82 bits per heavy atom. The number of anilines is 1. The fourth-order valence-corrected chi connectivity index (χ4v) is 3.90.